The summed E-state index contributed by atoms with van der Waals surface area (Å²) in [5.74, 6) is 1.74. The Morgan fingerprint density at radius 3 is 2.81 bits per heavy atom. The van der Waals surface area contributed by atoms with Crippen molar-refractivity contribution >= 4 is 0 Å². The number of rotatable bonds is 6. The zero-order chi connectivity index (χ0) is 14.5. The van der Waals surface area contributed by atoms with E-state index in [4.69, 9.17) is 4.74 Å². The monoisotopic (exact) mass is 294 g/mol. The molecule has 3 rings (SSSR count). The van der Waals surface area contributed by atoms with Gasteiger partial charge >= 0.3 is 0 Å². The first-order chi connectivity index (χ1) is 10.4. The molecule has 1 saturated carbocycles. The average molecular weight is 294 g/mol. The van der Waals surface area contributed by atoms with E-state index in [9.17, 15) is 0 Å². The van der Waals surface area contributed by atoms with Crippen LogP contribution < -0.4 is 5.32 Å². The van der Waals surface area contributed by atoms with Crippen molar-refractivity contribution in [2.24, 2.45) is 11.8 Å². The molecule has 0 aromatic carbocycles. The number of fused-ring (bicyclic) bond motifs is 1. The molecule has 3 aliphatic rings. The summed E-state index contributed by atoms with van der Waals surface area (Å²) in [5.41, 5.74) is 0. The molecule has 3 fully saturated rings. The number of ether oxygens (including phenoxy) is 1. The largest absolute Gasteiger partial charge is 0.381 e. The normalized spacial score (nSPS) is 35.6. The summed E-state index contributed by atoms with van der Waals surface area (Å²) in [6.45, 7) is 7.97. The molecule has 2 unspecified atom stereocenters. The maximum absolute atomic E-state index is 5.66. The van der Waals surface area contributed by atoms with Gasteiger partial charge in [0.05, 0.1) is 6.61 Å². The molecule has 21 heavy (non-hydrogen) atoms. The van der Waals surface area contributed by atoms with Crippen molar-refractivity contribution in [3.8, 4) is 0 Å². The van der Waals surface area contributed by atoms with Gasteiger partial charge < -0.3 is 10.1 Å². The summed E-state index contributed by atoms with van der Waals surface area (Å²) in [7, 11) is 0. The SMILES string of the molecule is CCCNC(CN1CCC[C@H]2CCCC[C@H]21)C1CCOC1. The first kappa shape index (κ1) is 15.8. The van der Waals surface area contributed by atoms with Gasteiger partial charge in [-0.3, -0.25) is 4.90 Å². The van der Waals surface area contributed by atoms with Crippen molar-refractivity contribution in [3.05, 3.63) is 0 Å². The number of hydrogen-bond acceptors (Lipinski definition) is 3. The van der Waals surface area contributed by atoms with E-state index in [1.165, 1.54) is 64.5 Å². The number of piperidine rings is 1. The number of likely N-dealkylation sites (tertiary alicyclic amines) is 1. The highest BCUT2D eigenvalue weighted by Crippen LogP contribution is 2.35. The first-order valence-electron chi connectivity index (χ1n) is 9.43. The van der Waals surface area contributed by atoms with Crippen LogP contribution in [-0.4, -0.2) is 49.8 Å². The van der Waals surface area contributed by atoms with Crippen LogP contribution >= 0.6 is 0 Å². The highest BCUT2D eigenvalue weighted by atomic mass is 16.5. The second kappa shape index (κ2) is 7.94. The standard InChI is InChI=1S/C18H34N2O/c1-2-10-19-17(16-9-12-21-14-16)13-20-11-5-7-15-6-3-4-8-18(15)20/h15-19H,2-14H2,1H3/t15-,16?,17?,18-/m1/s1. The molecule has 2 heterocycles. The van der Waals surface area contributed by atoms with Gasteiger partial charge in [0.2, 0.25) is 0 Å². The second-order valence-electron chi connectivity index (χ2n) is 7.43. The topological polar surface area (TPSA) is 24.5 Å². The van der Waals surface area contributed by atoms with Crippen LogP contribution in [0.15, 0.2) is 0 Å². The van der Waals surface area contributed by atoms with Crippen LogP contribution in [-0.2, 0) is 4.74 Å². The van der Waals surface area contributed by atoms with Gasteiger partial charge in [0, 0.05) is 31.2 Å². The minimum absolute atomic E-state index is 0.646. The Morgan fingerprint density at radius 1 is 1.14 bits per heavy atom. The smallest absolute Gasteiger partial charge is 0.0510 e. The Hall–Kier alpha value is -0.120. The number of nitrogens with zero attached hydrogens (tertiary/aromatic N) is 1. The molecule has 3 heteroatoms. The van der Waals surface area contributed by atoms with Crippen molar-refractivity contribution in [1.29, 1.82) is 0 Å². The summed E-state index contributed by atoms with van der Waals surface area (Å²) in [4.78, 5) is 2.85. The fourth-order valence-corrected chi connectivity index (χ4v) is 4.79. The zero-order valence-electron chi connectivity index (χ0n) is 13.9. The highest BCUT2D eigenvalue weighted by molar-refractivity contribution is 4.91. The second-order valence-corrected chi connectivity index (χ2v) is 7.43. The van der Waals surface area contributed by atoms with Gasteiger partial charge in [0.1, 0.15) is 0 Å². The molecule has 2 aliphatic heterocycles. The summed E-state index contributed by atoms with van der Waals surface area (Å²) >= 11 is 0. The quantitative estimate of drug-likeness (QED) is 0.815. The molecule has 0 aromatic heterocycles. The minimum Gasteiger partial charge on any atom is -0.381 e. The van der Waals surface area contributed by atoms with E-state index in [1.807, 2.05) is 0 Å². The Labute approximate surface area is 130 Å². The van der Waals surface area contributed by atoms with E-state index in [2.05, 4.69) is 17.1 Å². The fraction of sp³-hybridized carbons (Fsp3) is 1.00. The van der Waals surface area contributed by atoms with E-state index in [1.54, 1.807) is 0 Å². The molecule has 122 valence electrons. The third kappa shape index (κ3) is 4.00. The van der Waals surface area contributed by atoms with Crippen molar-refractivity contribution < 1.29 is 4.74 Å². The lowest BCUT2D eigenvalue weighted by molar-refractivity contribution is 0.0453. The fourth-order valence-electron chi connectivity index (χ4n) is 4.79. The van der Waals surface area contributed by atoms with E-state index < -0.39 is 0 Å². The van der Waals surface area contributed by atoms with Crippen LogP contribution in [0, 0.1) is 11.8 Å². The summed E-state index contributed by atoms with van der Waals surface area (Å²) in [5, 5.41) is 3.83. The van der Waals surface area contributed by atoms with Crippen LogP contribution in [0.1, 0.15) is 58.3 Å². The predicted octanol–water partition coefficient (Wildman–Crippen LogP) is 3.05. The minimum atomic E-state index is 0.646. The summed E-state index contributed by atoms with van der Waals surface area (Å²) < 4.78 is 5.66. The van der Waals surface area contributed by atoms with Crippen molar-refractivity contribution in [3.63, 3.8) is 0 Å². The van der Waals surface area contributed by atoms with E-state index in [0.29, 0.717) is 6.04 Å². The lowest BCUT2D eigenvalue weighted by Gasteiger charge is -2.46. The molecule has 0 amide bonds. The molecule has 1 aliphatic carbocycles. The van der Waals surface area contributed by atoms with Crippen LogP contribution in [0.3, 0.4) is 0 Å². The molecule has 0 aromatic rings. The molecule has 4 atom stereocenters. The van der Waals surface area contributed by atoms with E-state index in [0.717, 1.165) is 37.6 Å². The van der Waals surface area contributed by atoms with Crippen LogP contribution in [0.5, 0.6) is 0 Å². The number of hydrogen-bond donors (Lipinski definition) is 1. The molecular formula is C18H34N2O. The maximum atomic E-state index is 5.66. The van der Waals surface area contributed by atoms with Crippen molar-refractivity contribution in [2.45, 2.75) is 70.4 Å². The lowest BCUT2D eigenvalue weighted by Crippen LogP contribution is -2.53. The predicted molar refractivity (Wildman–Crippen MR) is 87.6 cm³/mol. The van der Waals surface area contributed by atoms with E-state index in [-0.39, 0.29) is 0 Å². The Kier molecular flexibility index (Phi) is 5.96. The van der Waals surface area contributed by atoms with Gasteiger partial charge in [-0.2, -0.15) is 0 Å². The molecular weight excluding hydrogens is 260 g/mol. The Bertz CT molecular complexity index is 302. The van der Waals surface area contributed by atoms with Gasteiger partial charge in [0.15, 0.2) is 0 Å². The highest BCUT2D eigenvalue weighted by Gasteiger charge is 2.35. The zero-order valence-corrected chi connectivity index (χ0v) is 13.9. The molecule has 3 nitrogen and oxygen atoms in total. The lowest BCUT2D eigenvalue weighted by atomic mass is 9.78. The van der Waals surface area contributed by atoms with Crippen LogP contribution in [0.25, 0.3) is 0 Å². The van der Waals surface area contributed by atoms with Crippen LogP contribution in [0.2, 0.25) is 0 Å². The molecule has 1 N–H and O–H groups in total. The summed E-state index contributed by atoms with van der Waals surface area (Å²) in [6.07, 6.45) is 11.3. The Balaban J connectivity index is 1.59. The van der Waals surface area contributed by atoms with Gasteiger partial charge in [-0.15, -0.1) is 0 Å². The Morgan fingerprint density at radius 2 is 2.00 bits per heavy atom. The van der Waals surface area contributed by atoms with Crippen molar-refractivity contribution in [2.75, 3.05) is 32.8 Å². The van der Waals surface area contributed by atoms with E-state index >= 15 is 0 Å². The summed E-state index contributed by atoms with van der Waals surface area (Å²) in [6, 6.07) is 1.54. The van der Waals surface area contributed by atoms with Crippen molar-refractivity contribution in [1.82, 2.24) is 10.2 Å². The van der Waals surface area contributed by atoms with Gasteiger partial charge in [0.25, 0.3) is 0 Å². The third-order valence-electron chi connectivity index (χ3n) is 5.98. The first-order valence-corrected chi connectivity index (χ1v) is 9.43. The number of nitrogens with one attached hydrogen (secondary N) is 1. The molecule has 0 radical (unpaired) electrons. The molecule has 0 spiro atoms. The maximum Gasteiger partial charge on any atom is 0.0510 e. The molecule has 2 saturated heterocycles. The molecule has 0 bridgehead atoms. The van der Waals surface area contributed by atoms with Gasteiger partial charge in [-0.1, -0.05) is 19.8 Å². The van der Waals surface area contributed by atoms with Gasteiger partial charge in [-0.05, 0) is 57.5 Å². The average Bonchev–Trinajstić information content (AvgIpc) is 3.06. The van der Waals surface area contributed by atoms with Crippen LogP contribution in [0.4, 0.5) is 0 Å². The third-order valence-corrected chi connectivity index (χ3v) is 5.98. The van der Waals surface area contributed by atoms with Gasteiger partial charge in [-0.25, -0.2) is 0 Å².